The molecule has 0 bridgehead atoms. The van der Waals surface area contributed by atoms with E-state index in [4.69, 9.17) is 0 Å². The van der Waals surface area contributed by atoms with Crippen molar-refractivity contribution in [3.63, 3.8) is 0 Å². The van der Waals surface area contributed by atoms with Crippen molar-refractivity contribution in [2.75, 3.05) is 13.1 Å². The maximum absolute atomic E-state index is 12.8. The molecule has 0 radical (unpaired) electrons. The van der Waals surface area contributed by atoms with Crippen molar-refractivity contribution in [2.24, 2.45) is 0 Å². The van der Waals surface area contributed by atoms with Crippen LogP contribution in [0.5, 0.6) is 0 Å². The molecule has 2 heterocycles. The second-order valence-corrected chi connectivity index (χ2v) is 9.81. The van der Waals surface area contributed by atoms with E-state index in [0.717, 1.165) is 34.9 Å². The molecule has 7 heteroatoms. The summed E-state index contributed by atoms with van der Waals surface area (Å²) >= 11 is 0. The average Bonchev–Trinajstić information content (AvgIpc) is 3.42. The molecule has 1 atom stereocenters. The van der Waals surface area contributed by atoms with Crippen LogP contribution in [0.3, 0.4) is 0 Å². The van der Waals surface area contributed by atoms with E-state index in [9.17, 15) is 13.2 Å². The van der Waals surface area contributed by atoms with Gasteiger partial charge in [-0.1, -0.05) is 24.3 Å². The Morgan fingerprint density at radius 3 is 2.57 bits per heavy atom. The first-order valence-electron chi connectivity index (χ1n) is 10.3. The van der Waals surface area contributed by atoms with Crippen molar-refractivity contribution >= 4 is 26.8 Å². The number of hydrogen-bond acceptors (Lipinski definition) is 3. The van der Waals surface area contributed by atoms with Gasteiger partial charge < -0.3 is 9.88 Å². The number of aryl methyl sites for hydroxylation is 1. The summed E-state index contributed by atoms with van der Waals surface area (Å²) in [6.07, 6.45) is 3.66. The lowest BCUT2D eigenvalue weighted by Gasteiger charge is -2.17. The lowest BCUT2D eigenvalue weighted by Crippen LogP contribution is -2.30. The highest BCUT2D eigenvalue weighted by atomic mass is 32.2. The van der Waals surface area contributed by atoms with Gasteiger partial charge >= 0.3 is 0 Å². The van der Waals surface area contributed by atoms with E-state index < -0.39 is 16.1 Å². The summed E-state index contributed by atoms with van der Waals surface area (Å²) in [5.74, 6) is -0.0792. The van der Waals surface area contributed by atoms with Gasteiger partial charge in [0.1, 0.15) is 6.04 Å². The summed E-state index contributed by atoms with van der Waals surface area (Å²) in [6.45, 7) is 5.52. The summed E-state index contributed by atoms with van der Waals surface area (Å²) < 4.78 is 29.1. The van der Waals surface area contributed by atoms with Crippen molar-refractivity contribution in [1.82, 2.24) is 14.2 Å². The molecule has 3 aromatic rings. The number of fused-ring (bicyclic) bond motifs is 1. The minimum Gasteiger partial charge on any atom is -0.350 e. The minimum absolute atomic E-state index is 0.0792. The molecule has 4 rings (SSSR count). The van der Waals surface area contributed by atoms with Crippen LogP contribution in [0.15, 0.2) is 59.6 Å². The number of hydrogen-bond donors (Lipinski definition) is 1. The van der Waals surface area contributed by atoms with Crippen LogP contribution in [0.1, 0.15) is 36.9 Å². The van der Waals surface area contributed by atoms with Gasteiger partial charge in [-0.05, 0) is 62.1 Å². The molecule has 158 valence electrons. The SMILES string of the molecule is Cc1ccccc1CNC(=O)[C@H](C)n1ccc2cc(S(=O)(=O)N3CCCC3)ccc21. The second-order valence-electron chi connectivity index (χ2n) is 7.88. The highest BCUT2D eigenvalue weighted by molar-refractivity contribution is 7.89. The number of rotatable bonds is 6. The summed E-state index contributed by atoms with van der Waals surface area (Å²) in [4.78, 5) is 13.0. The van der Waals surface area contributed by atoms with Crippen molar-refractivity contribution in [3.05, 3.63) is 65.9 Å². The molecule has 1 aliphatic heterocycles. The Morgan fingerprint density at radius 2 is 1.83 bits per heavy atom. The van der Waals surface area contributed by atoms with E-state index in [-0.39, 0.29) is 5.91 Å². The topological polar surface area (TPSA) is 71.4 Å². The van der Waals surface area contributed by atoms with Crippen LogP contribution in [0.2, 0.25) is 0 Å². The molecular weight excluding hydrogens is 398 g/mol. The summed E-state index contributed by atoms with van der Waals surface area (Å²) in [7, 11) is -3.46. The highest BCUT2D eigenvalue weighted by Crippen LogP contribution is 2.27. The number of nitrogens with zero attached hydrogens (tertiary/aromatic N) is 2. The van der Waals surface area contributed by atoms with Crippen molar-refractivity contribution in [3.8, 4) is 0 Å². The van der Waals surface area contributed by atoms with E-state index in [1.807, 2.05) is 54.9 Å². The van der Waals surface area contributed by atoms with E-state index in [1.165, 1.54) is 0 Å². The van der Waals surface area contributed by atoms with Gasteiger partial charge in [-0.2, -0.15) is 4.31 Å². The predicted molar refractivity (Wildman–Crippen MR) is 118 cm³/mol. The van der Waals surface area contributed by atoms with Crippen LogP contribution < -0.4 is 5.32 Å². The summed E-state index contributed by atoms with van der Waals surface area (Å²) in [5.41, 5.74) is 3.07. The van der Waals surface area contributed by atoms with Crippen LogP contribution >= 0.6 is 0 Å². The molecule has 6 nitrogen and oxygen atoms in total. The zero-order valence-corrected chi connectivity index (χ0v) is 18.2. The smallest absolute Gasteiger partial charge is 0.243 e. The zero-order chi connectivity index (χ0) is 21.3. The molecule has 2 aromatic carbocycles. The third-order valence-electron chi connectivity index (χ3n) is 5.91. The fourth-order valence-corrected chi connectivity index (χ4v) is 5.54. The highest BCUT2D eigenvalue weighted by Gasteiger charge is 2.27. The third kappa shape index (κ3) is 3.87. The Kier molecular flexibility index (Phi) is 5.66. The summed E-state index contributed by atoms with van der Waals surface area (Å²) in [6, 6.07) is 14.6. The number of benzene rings is 2. The third-order valence-corrected chi connectivity index (χ3v) is 7.80. The lowest BCUT2D eigenvalue weighted by molar-refractivity contribution is -0.123. The van der Waals surface area contributed by atoms with Gasteiger partial charge in [0.25, 0.3) is 0 Å². The van der Waals surface area contributed by atoms with Gasteiger partial charge in [-0.3, -0.25) is 4.79 Å². The van der Waals surface area contributed by atoms with E-state index in [2.05, 4.69) is 5.32 Å². The normalized spacial score (nSPS) is 16.1. The van der Waals surface area contributed by atoms with Gasteiger partial charge in [0, 0.05) is 36.7 Å². The van der Waals surface area contributed by atoms with E-state index in [1.54, 1.807) is 22.5 Å². The van der Waals surface area contributed by atoms with Crippen molar-refractivity contribution in [1.29, 1.82) is 0 Å². The zero-order valence-electron chi connectivity index (χ0n) is 17.3. The number of amides is 1. The molecule has 1 aromatic heterocycles. The predicted octanol–water partition coefficient (Wildman–Crippen LogP) is 3.61. The Morgan fingerprint density at radius 1 is 1.10 bits per heavy atom. The number of carbonyl (C=O) groups excluding carboxylic acids is 1. The minimum atomic E-state index is -3.46. The first kappa shape index (κ1) is 20.6. The van der Waals surface area contributed by atoms with Gasteiger partial charge in [0.15, 0.2) is 0 Å². The van der Waals surface area contributed by atoms with Crippen LogP contribution in [0, 0.1) is 6.92 Å². The largest absolute Gasteiger partial charge is 0.350 e. The molecule has 1 N–H and O–H groups in total. The molecule has 1 fully saturated rings. The van der Waals surface area contributed by atoms with Gasteiger partial charge in [-0.15, -0.1) is 0 Å². The molecule has 30 heavy (non-hydrogen) atoms. The lowest BCUT2D eigenvalue weighted by atomic mass is 10.1. The van der Waals surface area contributed by atoms with Crippen LogP contribution in [0.25, 0.3) is 10.9 Å². The number of aromatic nitrogens is 1. The van der Waals surface area contributed by atoms with Crippen LogP contribution in [-0.2, 0) is 21.4 Å². The van der Waals surface area contributed by atoms with Gasteiger partial charge in [0.2, 0.25) is 15.9 Å². The molecule has 0 aliphatic carbocycles. The molecule has 1 aliphatic rings. The standard InChI is InChI=1S/C23H27N3O3S/c1-17-7-3-4-8-20(17)16-24-23(27)18(2)26-14-11-19-15-21(9-10-22(19)26)30(28,29)25-12-5-6-13-25/h3-4,7-11,14-15,18H,5-6,12-13,16H2,1-2H3,(H,24,27)/t18-/m0/s1. The maximum Gasteiger partial charge on any atom is 0.243 e. The first-order chi connectivity index (χ1) is 14.4. The average molecular weight is 426 g/mol. The second kappa shape index (κ2) is 8.24. The Hall–Kier alpha value is -2.64. The first-order valence-corrected chi connectivity index (χ1v) is 11.7. The van der Waals surface area contributed by atoms with E-state index in [0.29, 0.717) is 24.5 Å². The molecule has 1 amide bonds. The summed E-state index contributed by atoms with van der Waals surface area (Å²) in [5, 5.41) is 3.82. The maximum atomic E-state index is 12.8. The number of nitrogens with one attached hydrogen (secondary N) is 1. The Labute approximate surface area is 177 Å². The quantitative estimate of drug-likeness (QED) is 0.656. The van der Waals surface area contributed by atoms with Crippen molar-refractivity contribution < 1.29 is 13.2 Å². The van der Waals surface area contributed by atoms with Gasteiger partial charge in [0.05, 0.1) is 4.90 Å². The van der Waals surface area contributed by atoms with Crippen LogP contribution in [0.4, 0.5) is 0 Å². The Bertz CT molecular complexity index is 1180. The molecule has 1 saturated heterocycles. The van der Waals surface area contributed by atoms with Crippen molar-refractivity contribution in [2.45, 2.75) is 44.2 Å². The Balaban J connectivity index is 1.53. The van der Waals surface area contributed by atoms with Crippen LogP contribution in [-0.4, -0.2) is 36.3 Å². The molecule has 0 spiro atoms. The fourth-order valence-electron chi connectivity index (χ4n) is 3.98. The van der Waals surface area contributed by atoms with Gasteiger partial charge in [-0.25, -0.2) is 8.42 Å². The fraction of sp³-hybridized carbons (Fsp3) is 0.348. The van der Waals surface area contributed by atoms with E-state index >= 15 is 0 Å². The molecular formula is C23H27N3O3S. The molecule has 0 saturated carbocycles. The number of sulfonamides is 1. The number of carbonyl (C=O) groups is 1. The molecule has 0 unspecified atom stereocenters. The monoisotopic (exact) mass is 425 g/mol.